The third-order valence-electron chi connectivity index (χ3n) is 6.45. The van der Waals surface area contributed by atoms with Gasteiger partial charge in [0.25, 0.3) is 0 Å². The minimum Gasteiger partial charge on any atom is -0.351 e. The van der Waals surface area contributed by atoms with Crippen molar-refractivity contribution in [2.24, 2.45) is 0 Å². The zero-order valence-electron chi connectivity index (χ0n) is 15.0. The summed E-state index contributed by atoms with van der Waals surface area (Å²) < 4.78 is 0. The van der Waals surface area contributed by atoms with Gasteiger partial charge in [0.15, 0.2) is 0 Å². The normalized spacial score (nSPS) is 25.9. The van der Waals surface area contributed by atoms with Crippen molar-refractivity contribution in [2.75, 3.05) is 24.7 Å². The van der Waals surface area contributed by atoms with Crippen LogP contribution in [0.25, 0.3) is 0 Å². The van der Waals surface area contributed by atoms with Gasteiger partial charge >= 0.3 is 0 Å². The molecule has 1 aliphatic carbocycles. The molecule has 3 aliphatic rings. The molecular formula is C22H25N3O. The number of carbonyl (C=O) groups excluding carboxylic acids is 1. The number of piperidine rings is 1. The van der Waals surface area contributed by atoms with E-state index < -0.39 is 0 Å². The topological polar surface area (TPSA) is 35.6 Å². The summed E-state index contributed by atoms with van der Waals surface area (Å²) in [5.41, 5.74) is 3.98. The molecule has 0 bridgehead atoms. The van der Waals surface area contributed by atoms with Crippen molar-refractivity contribution >= 4 is 11.6 Å². The number of nitrogens with one attached hydrogen (secondary N) is 1. The standard InChI is InChI=1S/C22H25N3O/c26-21-14-22(15-23-16-25(22)19-8-2-1-3-9-19)10-11-24(21)20-12-17-6-4-5-7-18(17)13-20/h1-9,20,23H,10-16H2. The Balaban J connectivity index is 1.34. The smallest absolute Gasteiger partial charge is 0.225 e. The highest BCUT2D eigenvalue weighted by molar-refractivity contribution is 5.80. The molecule has 5 rings (SSSR count). The molecule has 2 heterocycles. The molecule has 0 radical (unpaired) electrons. The van der Waals surface area contributed by atoms with E-state index in [-0.39, 0.29) is 5.54 Å². The molecule has 2 saturated heterocycles. The zero-order valence-corrected chi connectivity index (χ0v) is 15.0. The Bertz CT molecular complexity index is 796. The molecule has 1 atom stereocenters. The van der Waals surface area contributed by atoms with Crippen molar-refractivity contribution in [3.8, 4) is 0 Å². The fraction of sp³-hybridized carbons (Fsp3) is 0.409. The van der Waals surface area contributed by atoms with Gasteiger partial charge in [0.1, 0.15) is 0 Å². The molecule has 1 amide bonds. The summed E-state index contributed by atoms with van der Waals surface area (Å²) in [7, 11) is 0. The lowest BCUT2D eigenvalue weighted by Gasteiger charge is -2.46. The minimum absolute atomic E-state index is 0.0691. The van der Waals surface area contributed by atoms with Crippen molar-refractivity contribution in [1.29, 1.82) is 0 Å². The van der Waals surface area contributed by atoms with Gasteiger partial charge in [-0.05, 0) is 42.5 Å². The zero-order chi connectivity index (χ0) is 17.6. The summed E-state index contributed by atoms with van der Waals surface area (Å²) in [6.07, 6.45) is 3.67. The molecule has 0 saturated carbocycles. The highest BCUT2D eigenvalue weighted by atomic mass is 16.2. The van der Waals surface area contributed by atoms with Crippen molar-refractivity contribution in [3.05, 3.63) is 65.7 Å². The van der Waals surface area contributed by atoms with Crippen LogP contribution in [0.5, 0.6) is 0 Å². The quantitative estimate of drug-likeness (QED) is 0.907. The number of amides is 1. The number of fused-ring (bicyclic) bond motifs is 1. The van der Waals surface area contributed by atoms with Crippen LogP contribution >= 0.6 is 0 Å². The second-order valence-corrected chi connectivity index (χ2v) is 7.92. The number of rotatable bonds is 2. The summed E-state index contributed by atoms with van der Waals surface area (Å²) >= 11 is 0. The first-order valence-electron chi connectivity index (χ1n) is 9.65. The van der Waals surface area contributed by atoms with Gasteiger partial charge in [0.05, 0.1) is 18.6 Å². The van der Waals surface area contributed by atoms with Crippen LogP contribution in [0.4, 0.5) is 5.69 Å². The first-order chi connectivity index (χ1) is 12.8. The second kappa shape index (κ2) is 6.13. The molecular weight excluding hydrogens is 322 g/mol. The van der Waals surface area contributed by atoms with Crippen molar-refractivity contribution in [2.45, 2.75) is 37.3 Å². The molecule has 4 heteroatoms. The maximum atomic E-state index is 13.1. The molecule has 2 aliphatic heterocycles. The Morgan fingerprint density at radius 3 is 2.35 bits per heavy atom. The van der Waals surface area contributed by atoms with E-state index in [1.807, 2.05) is 6.07 Å². The van der Waals surface area contributed by atoms with Crippen molar-refractivity contribution in [1.82, 2.24) is 10.2 Å². The van der Waals surface area contributed by atoms with E-state index >= 15 is 0 Å². The predicted molar refractivity (Wildman–Crippen MR) is 103 cm³/mol. The van der Waals surface area contributed by atoms with Gasteiger partial charge in [-0.1, -0.05) is 42.5 Å². The van der Waals surface area contributed by atoms with Crippen LogP contribution in [0.1, 0.15) is 24.0 Å². The summed E-state index contributed by atoms with van der Waals surface area (Å²) in [5.74, 6) is 0.318. The van der Waals surface area contributed by atoms with Gasteiger partial charge in [0.2, 0.25) is 5.91 Å². The van der Waals surface area contributed by atoms with Gasteiger partial charge in [-0.15, -0.1) is 0 Å². The molecule has 2 fully saturated rings. The lowest BCUT2D eigenvalue weighted by molar-refractivity contribution is -0.137. The Hall–Kier alpha value is -2.33. The van der Waals surface area contributed by atoms with Gasteiger partial charge in [-0.2, -0.15) is 0 Å². The van der Waals surface area contributed by atoms with E-state index in [2.05, 4.69) is 63.6 Å². The van der Waals surface area contributed by atoms with E-state index in [0.29, 0.717) is 18.4 Å². The number of para-hydroxylation sites is 1. The number of benzene rings is 2. The highest BCUT2D eigenvalue weighted by Gasteiger charge is 2.48. The van der Waals surface area contributed by atoms with E-state index in [1.165, 1.54) is 16.8 Å². The Labute approximate surface area is 154 Å². The molecule has 4 nitrogen and oxygen atoms in total. The minimum atomic E-state index is -0.0691. The van der Waals surface area contributed by atoms with Gasteiger partial charge in [-0.3, -0.25) is 10.1 Å². The molecule has 1 unspecified atom stereocenters. The van der Waals surface area contributed by atoms with Crippen LogP contribution in [0.15, 0.2) is 54.6 Å². The van der Waals surface area contributed by atoms with Crippen LogP contribution in [0, 0.1) is 0 Å². The van der Waals surface area contributed by atoms with E-state index in [0.717, 1.165) is 39.0 Å². The summed E-state index contributed by atoms with van der Waals surface area (Å²) in [4.78, 5) is 17.7. The number of hydrogen-bond acceptors (Lipinski definition) is 3. The largest absolute Gasteiger partial charge is 0.351 e. The predicted octanol–water partition coefficient (Wildman–Crippen LogP) is 2.58. The number of hydrogen-bond donors (Lipinski definition) is 1. The molecule has 26 heavy (non-hydrogen) atoms. The maximum absolute atomic E-state index is 13.1. The fourth-order valence-corrected chi connectivity index (χ4v) is 5.08. The number of carbonyl (C=O) groups is 1. The number of nitrogens with zero attached hydrogens (tertiary/aromatic N) is 2. The summed E-state index contributed by atoms with van der Waals surface area (Å²) in [6, 6.07) is 19.5. The summed E-state index contributed by atoms with van der Waals surface area (Å²) in [6.45, 7) is 2.58. The number of anilines is 1. The monoisotopic (exact) mass is 347 g/mol. The maximum Gasteiger partial charge on any atom is 0.225 e. The number of likely N-dealkylation sites (tertiary alicyclic amines) is 1. The van der Waals surface area contributed by atoms with Crippen molar-refractivity contribution in [3.63, 3.8) is 0 Å². The van der Waals surface area contributed by atoms with Crippen LogP contribution in [0.2, 0.25) is 0 Å². The SMILES string of the molecule is O=C1CC2(CCN1C1Cc3ccccc3C1)CNCN2c1ccccc1. The average molecular weight is 347 g/mol. The van der Waals surface area contributed by atoms with Gasteiger partial charge in [-0.25, -0.2) is 0 Å². The molecule has 134 valence electrons. The summed E-state index contributed by atoms with van der Waals surface area (Å²) in [5, 5.41) is 3.51. The van der Waals surface area contributed by atoms with E-state index in [4.69, 9.17) is 0 Å². The molecule has 1 spiro atoms. The highest BCUT2D eigenvalue weighted by Crippen LogP contribution is 2.37. The van der Waals surface area contributed by atoms with Gasteiger partial charge < -0.3 is 9.80 Å². The lowest BCUT2D eigenvalue weighted by Crippen LogP contribution is -2.58. The Morgan fingerprint density at radius 1 is 0.962 bits per heavy atom. The molecule has 2 aromatic carbocycles. The van der Waals surface area contributed by atoms with Crippen LogP contribution in [0.3, 0.4) is 0 Å². The van der Waals surface area contributed by atoms with Crippen LogP contribution < -0.4 is 10.2 Å². The van der Waals surface area contributed by atoms with Crippen molar-refractivity contribution < 1.29 is 4.79 Å². The third-order valence-corrected chi connectivity index (χ3v) is 6.45. The molecule has 0 aromatic heterocycles. The molecule has 2 aromatic rings. The van der Waals surface area contributed by atoms with Crippen LogP contribution in [-0.4, -0.2) is 42.1 Å². The average Bonchev–Trinajstić information content (AvgIpc) is 3.26. The Kier molecular flexibility index (Phi) is 3.75. The molecule has 1 N–H and O–H groups in total. The fourth-order valence-electron chi connectivity index (χ4n) is 5.08. The van der Waals surface area contributed by atoms with Crippen LogP contribution in [-0.2, 0) is 17.6 Å². The van der Waals surface area contributed by atoms with Gasteiger partial charge in [0, 0.05) is 24.8 Å². The Morgan fingerprint density at radius 2 is 1.65 bits per heavy atom. The lowest BCUT2D eigenvalue weighted by atomic mass is 9.85. The first-order valence-corrected chi connectivity index (χ1v) is 9.65. The third kappa shape index (κ3) is 2.52. The van der Waals surface area contributed by atoms with E-state index in [1.54, 1.807) is 0 Å². The second-order valence-electron chi connectivity index (χ2n) is 7.92. The first kappa shape index (κ1) is 15.9. The van der Waals surface area contributed by atoms with E-state index in [9.17, 15) is 4.79 Å².